The molecule has 1 aliphatic rings. The van der Waals surface area contributed by atoms with Gasteiger partial charge in [-0.05, 0) is 37.1 Å². The Labute approximate surface area is 162 Å². The van der Waals surface area contributed by atoms with Gasteiger partial charge >= 0.3 is 0 Å². The molecule has 0 saturated carbocycles. The van der Waals surface area contributed by atoms with Crippen LogP contribution in [-0.4, -0.2) is 34.6 Å². The fourth-order valence-electron chi connectivity index (χ4n) is 3.22. The van der Waals surface area contributed by atoms with Crippen molar-refractivity contribution in [2.45, 2.75) is 30.6 Å². The number of aromatic nitrogens is 2. The summed E-state index contributed by atoms with van der Waals surface area (Å²) < 4.78 is 13.3. The third-order valence-electron chi connectivity index (χ3n) is 4.56. The molecule has 4 rings (SSSR count). The van der Waals surface area contributed by atoms with Crippen LogP contribution in [0.4, 0.5) is 0 Å². The molecule has 3 aromatic rings. The van der Waals surface area contributed by atoms with Crippen LogP contribution in [0.1, 0.15) is 12.8 Å². The maximum Gasteiger partial charge on any atom is 0.262 e. The van der Waals surface area contributed by atoms with Gasteiger partial charge < -0.3 is 9.47 Å². The van der Waals surface area contributed by atoms with Gasteiger partial charge in [-0.25, -0.2) is 4.98 Å². The average molecular weight is 382 g/mol. The van der Waals surface area contributed by atoms with E-state index < -0.39 is 0 Å². The smallest absolute Gasteiger partial charge is 0.262 e. The summed E-state index contributed by atoms with van der Waals surface area (Å²) in [4.78, 5) is 17.8. The molecule has 6 heteroatoms. The molecule has 0 spiro atoms. The van der Waals surface area contributed by atoms with Crippen molar-refractivity contribution < 1.29 is 9.47 Å². The monoisotopic (exact) mass is 382 g/mol. The van der Waals surface area contributed by atoms with E-state index in [1.165, 1.54) is 0 Å². The first kappa shape index (κ1) is 18.1. The Morgan fingerprint density at radius 2 is 1.96 bits per heavy atom. The van der Waals surface area contributed by atoms with Gasteiger partial charge in [-0.1, -0.05) is 42.1 Å². The lowest BCUT2D eigenvalue weighted by Gasteiger charge is -2.16. The summed E-state index contributed by atoms with van der Waals surface area (Å²) in [5.74, 6) is 1.56. The minimum absolute atomic E-state index is 0.00239. The van der Waals surface area contributed by atoms with E-state index in [1.54, 1.807) is 16.3 Å². The van der Waals surface area contributed by atoms with Gasteiger partial charge in [0.15, 0.2) is 5.16 Å². The van der Waals surface area contributed by atoms with E-state index in [4.69, 9.17) is 14.5 Å². The van der Waals surface area contributed by atoms with Gasteiger partial charge in [-0.3, -0.25) is 9.36 Å². The van der Waals surface area contributed by atoms with Crippen LogP contribution in [0.25, 0.3) is 10.9 Å². The van der Waals surface area contributed by atoms with E-state index in [1.807, 2.05) is 54.6 Å². The van der Waals surface area contributed by atoms with Crippen LogP contribution in [0.2, 0.25) is 0 Å². The highest BCUT2D eigenvalue weighted by Gasteiger charge is 2.20. The lowest BCUT2D eigenvalue weighted by atomic mass is 10.2. The molecule has 1 atom stereocenters. The number of hydrogen-bond donors (Lipinski definition) is 0. The molecule has 0 aliphatic carbocycles. The zero-order chi connectivity index (χ0) is 18.5. The highest BCUT2D eigenvalue weighted by atomic mass is 32.2. The largest absolute Gasteiger partial charge is 0.493 e. The molecule has 1 unspecified atom stereocenters. The summed E-state index contributed by atoms with van der Waals surface area (Å²) in [5.41, 5.74) is 0.736. The molecule has 2 heterocycles. The van der Waals surface area contributed by atoms with Crippen molar-refractivity contribution in [3.63, 3.8) is 0 Å². The summed E-state index contributed by atoms with van der Waals surface area (Å²) in [5, 5.41) is 1.38. The average Bonchev–Trinajstić information content (AvgIpc) is 3.22. The molecule has 27 heavy (non-hydrogen) atoms. The second-order valence-corrected chi connectivity index (χ2v) is 7.53. The van der Waals surface area contributed by atoms with E-state index in [2.05, 4.69) is 0 Å². The Morgan fingerprint density at radius 1 is 1.15 bits per heavy atom. The maximum absolute atomic E-state index is 13.0. The van der Waals surface area contributed by atoms with Crippen molar-refractivity contribution in [3.8, 4) is 5.75 Å². The number of rotatable bonds is 7. The molecule has 0 N–H and O–H groups in total. The van der Waals surface area contributed by atoms with Crippen molar-refractivity contribution in [3.05, 3.63) is 65.0 Å². The highest BCUT2D eigenvalue weighted by molar-refractivity contribution is 7.99. The molecule has 2 aromatic carbocycles. The molecule has 1 saturated heterocycles. The first-order chi connectivity index (χ1) is 13.3. The van der Waals surface area contributed by atoms with Crippen LogP contribution >= 0.6 is 11.8 Å². The Hall–Kier alpha value is -2.31. The number of fused-ring (bicyclic) bond motifs is 1. The van der Waals surface area contributed by atoms with Gasteiger partial charge in [0, 0.05) is 12.4 Å². The van der Waals surface area contributed by atoms with Gasteiger partial charge in [-0.2, -0.15) is 0 Å². The maximum atomic E-state index is 13.0. The zero-order valence-electron chi connectivity index (χ0n) is 15.0. The van der Waals surface area contributed by atoms with Crippen molar-refractivity contribution >= 4 is 22.7 Å². The molecule has 1 aliphatic heterocycles. The predicted octanol–water partition coefficient (Wildman–Crippen LogP) is 3.75. The second kappa shape index (κ2) is 8.59. The minimum Gasteiger partial charge on any atom is -0.493 e. The third-order valence-corrected chi connectivity index (χ3v) is 5.50. The Kier molecular flexibility index (Phi) is 5.75. The predicted molar refractivity (Wildman–Crippen MR) is 108 cm³/mol. The summed E-state index contributed by atoms with van der Waals surface area (Å²) in [6.07, 6.45) is 2.12. The van der Waals surface area contributed by atoms with E-state index >= 15 is 0 Å². The fourth-order valence-corrected chi connectivity index (χ4v) is 4.05. The molecule has 0 amide bonds. The molecule has 5 nitrogen and oxygen atoms in total. The van der Waals surface area contributed by atoms with Gasteiger partial charge in [0.1, 0.15) is 5.75 Å². The van der Waals surface area contributed by atoms with Crippen molar-refractivity contribution in [1.29, 1.82) is 0 Å². The number of para-hydroxylation sites is 2. The van der Waals surface area contributed by atoms with Gasteiger partial charge in [-0.15, -0.1) is 0 Å². The SMILES string of the molecule is O=c1c2ccccc2nc(SCCOc2ccccc2)n1CC1CCCO1. The van der Waals surface area contributed by atoms with Crippen molar-refractivity contribution in [2.75, 3.05) is 19.0 Å². The third kappa shape index (κ3) is 4.34. The highest BCUT2D eigenvalue weighted by Crippen LogP contribution is 2.21. The Morgan fingerprint density at radius 3 is 2.78 bits per heavy atom. The Balaban J connectivity index is 1.53. The van der Waals surface area contributed by atoms with Crippen molar-refractivity contribution in [1.82, 2.24) is 9.55 Å². The van der Waals surface area contributed by atoms with Crippen LogP contribution in [0, 0.1) is 0 Å². The quantitative estimate of drug-likeness (QED) is 0.354. The lowest BCUT2D eigenvalue weighted by Crippen LogP contribution is -2.29. The van der Waals surface area contributed by atoms with Crippen LogP contribution in [0.3, 0.4) is 0 Å². The topological polar surface area (TPSA) is 53.3 Å². The summed E-state index contributed by atoms with van der Waals surface area (Å²) >= 11 is 1.55. The van der Waals surface area contributed by atoms with E-state index in [0.29, 0.717) is 24.3 Å². The molecular formula is C21H22N2O3S. The van der Waals surface area contributed by atoms with Crippen molar-refractivity contribution in [2.24, 2.45) is 0 Å². The molecular weight excluding hydrogens is 360 g/mol. The van der Waals surface area contributed by atoms with Crippen LogP contribution in [-0.2, 0) is 11.3 Å². The molecule has 0 bridgehead atoms. The number of thioether (sulfide) groups is 1. The summed E-state index contributed by atoms with van der Waals surface area (Å²) in [7, 11) is 0. The number of nitrogens with zero attached hydrogens (tertiary/aromatic N) is 2. The normalized spacial score (nSPS) is 16.7. The molecule has 0 radical (unpaired) electrons. The van der Waals surface area contributed by atoms with Crippen LogP contribution < -0.4 is 10.3 Å². The molecule has 140 valence electrons. The second-order valence-electron chi connectivity index (χ2n) is 6.47. The van der Waals surface area contributed by atoms with E-state index in [0.717, 1.165) is 35.9 Å². The first-order valence-corrected chi connectivity index (χ1v) is 10.2. The lowest BCUT2D eigenvalue weighted by molar-refractivity contribution is 0.0937. The Bertz CT molecular complexity index is 953. The number of benzene rings is 2. The summed E-state index contributed by atoms with van der Waals surface area (Å²) in [6.45, 7) is 1.88. The van der Waals surface area contributed by atoms with E-state index in [9.17, 15) is 4.79 Å². The number of ether oxygens (including phenoxy) is 2. The standard InChI is InChI=1S/C21H22N2O3S/c24-20-18-10-4-5-11-19(18)22-21(23(20)15-17-9-6-12-25-17)27-14-13-26-16-7-2-1-3-8-16/h1-5,7-8,10-11,17H,6,9,12-15H2. The van der Waals surface area contributed by atoms with Gasteiger partial charge in [0.25, 0.3) is 5.56 Å². The van der Waals surface area contributed by atoms with E-state index in [-0.39, 0.29) is 11.7 Å². The van der Waals surface area contributed by atoms with Crippen LogP contribution in [0.5, 0.6) is 5.75 Å². The first-order valence-electron chi connectivity index (χ1n) is 9.23. The minimum atomic E-state index is 0.00239. The molecule has 1 fully saturated rings. The van der Waals surface area contributed by atoms with Gasteiger partial charge in [0.2, 0.25) is 0 Å². The fraction of sp³-hybridized carbons (Fsp3) is 0.333. The number of hydrogen-bond acceptors (Lipinski definition) is 5. The zero-order valence-corrected chi connectivity index (χ0v) is 15.9. The molecule has 1 aromatic heterocycles. The van der Waals surface area contributed by atoms with Gasteiger partial charge in [0.05, 0.1) is 30.2 Å². The summed E-state index contributed by atoms with van der Waals surface area (Å²) in [6, 6.07) is 17.2. The van der Waals surface area contributed by atoms with Crippen LogP contribution in [0.15, 0.2) is 64.5 Å².